The molecule has 0 saturated heterocycles. The molecule has 1 heterocycles. The molecule has 0 fully saturated rings. The highest BCUT2D eigenvalue weighted by Gasteiger charge is 2.19. The number of nitrogens with two attached hydrogens (primary N) is 1. The van der Waals surface area contributed by atoms with Crippen molar-refractivity contribution in [1.82, 2.24) is 4.98 Å². The fraction of sp³-hybridized carbons (Fsp3) is 0.667. The highest BCUT2D eigenvalue weighted by molar-refractivity contribution is 4.90. The van der Waals surface area contributed by atoms with Crippen LogP contribution in [0.25, 0.3) is 0 Å². The second-order valence-electron chi connectivity index (χ2n) is 4.24. The zero-order chi connectivity index (χ0) is 9.19. The van der Waals surface area contributed by atoms with Crippen molar-refractivity contribution in [2.24, 2.45) is 11.1 Å². The number of aromatic nitrogens is 1. The maximum Gasteiger partial charge on any atom is 0.210 e. The van der Waals surface area contributed by atoms with Crippen molar-refractivity contribution < 1.29 is 4.42 Å². The minimum atomic E-state index is -0.0833. The van der Waals surface area contributed by atoms with Gasteiger partial charge in [-0.05, 0) is 11.8 Å². The summed E-state index contributed by atoms with van der Waals surface area (Å²) in [6.45, 7) is 6.45. The van der Waals surface area contributed by atoms with Crippen molar-refractivity contribution in [3.63, 3.8) is 0 Å². The Labute approximate surface area is 73.0 Å². The van der Waals surface area contributed by atoms with Crippen LogP contribution in [0.5, 0.6) is 0 Å². The lowest BCUT2D eigenvalue weighted by Gasteiger charge is -2.20. The number of rotatable bonds is 2. The molecule has 68 valence electrons. The largest absolute Gasteiger partial charge is 0.447 e. The summed E-state index contributed by atoms with van der Waals surface area (Å²) in [5, 5.41) is 0. The zero-order valence-corrected chi connectivity index (χ0v) is 7.87. The molecule has 1 unspecified atom stereocenters. The van der Waals surface area contributed by atoms with E-state index in [4.69, 9.17) is 10.2 Å². The molecule has 0 saturated carbocycles. The molecule has 0 amide bonds. The second-order valence-corrected chi connectivity index (χ2v) is 4.24. The average molecular weight is 168 g/mol. The van der Waals surface area contributed by atoms with Gasteiger partial charge in [-0.3, -0.25) is 0 Å². The minimum absolute atomic E-state index is 0.0833. The molecule has 0 bridgehead atoms. The van der Waals surface area contributed by atoms with Crippen molar-refractivity contribution in [3.8, 4) is 0 Å². The zero-order valence-electron chi connectivity index (χ0n) is 7.87. The van der Waals surface area contributed by atoms with Crippen molar-refractivity contribution in [3.05, 3.63) is 18.4 Å². The van der Waals surface area contributed by atoms with Crippen molar-refractivity contribution >= 4 is 0 Å². The third-order valence-corrected chi connectivity index (χ3v) is 1.60. The van der Waals surface area contributed by atoms with Crippen LogP contribution in [0.2, 0.25) is 0 Å². The van der Waals surface area contributed by atoms with Crippen LogP contribution in [0.3, 0.4) is 0 Å². The van der Waals surface area contributed by atoms with Gasteiger partial charge >= 0.3 is 0 Å². The summed E-state index contributed by atoms with van der Waals surface area (Å²) in [6, 6.07) is -0.0833. The van der Waals surface area contributed by atoms with Gasteiger partial charge in [0.05, 0.1) is 12.2 Å². The van der Waals surface area contributed by atoms with Crippen LogP contribution in [0.1, 0.15) is 39.1 Å². The third kappa shape index (κ3) is 2.66. The molecule has 0 spiro atoms. The summed E-state index contributed by atoms with van der Waals surface area (Å²) in [6.07, 6.45) is 4.06. The molecule has 3 heteroatoms. The van der Waals surface area contributed by atoms with Crippen LogP contribution in [-0.4, -0.2) is 4.98 Å². The first kappa shape index (κ1) is 9.26. The van der Waals surface area contributed by atoms with Crippen molar-refractivity contribution in [1.29, 1.82) is 0 Å². The maximum absolute atomic E-state index is 5.87. The summed E-state index contributed by atoms with van der Waals surface area (Å²) in [7, 11) is 0. The van der Waals surface area contributed by atoms with Gasteiger partial charge < -0.3 is 10.2 Å². The lowest BCUT2D eigenvalue weighted by atomic mass is 9.88. The van der Waals surface area contributed by atoms with E-state index in [0.717, 1.165) is 6.42 Å². The Morgan fingerprint density at radius 1 is 1.58 bits per heavy atom. The smallest absolute Gasteiger partial charge is 0.210 e. The molecule has 1 aromatic heterocycles. The quantitative estimate of drug-likeness (QED) is 0.735. The fourth-order valence-corrected chi connectivity index (χ4v) is 1.16. The Hall–Kier alpha value is -0.830. The van der Waals surface area contributed by atoms with Gasteiger partial charge in [0.25, 0.3) is 0 Å². The maximum atomic E-state index is 5.87. The normalized spacial score (nSPS) is 14.7. The molecular formula is C9H16N2O. The van der Waals surface area contributed by atoms with Crippen LogP contribution in [0.4, 0.5) is 0 Å². The minimum Gasteiger partial charge on any atom is -0.447 e. The number of hydrogen-bond acceptors (Lipinski definition) is 3. The van der Waals surface area contributed by atoms with Crippen molar-refractivity contribution in [2.45, 2.75) is 33.2 Å². The molecular weight excluding hydrogens is 152 g/mol. The molecule has 2 N–H and O–H groups in total. The van der Waals surface area contributed by atoms with E-state index >= 15 is 0 Å². The van der Waals surface area contributed by atoms with E-state index in [9.17, 15) is 0 Å². The highest BCUT2D eigenvalue weighted by atomic mass is 16.3. The van der Waals surface area contributed by atoms with Gasteiger partial charge in [0.2, 0.25) is 5.89 Å². The van der Waals surface area contributed by atoms with Gasteiger partial charge in [0.15, 0.2) is 0 Å². The standard InChI is InChI=1S/C9H16N2O/c1-9(2,3)6-7(10)8-11-4-5-12-8/h4-5,7H,6,10H2,1-3H3. The Bertz CT molecular complexity index is 223. The lowest BCUT2D eigenvalue weighted by Crippen LogP contribution is -2.18. The molecule has 0 aliphatic heterocycles. The number of hydrogen-bond donors (Lipinski definition) is 1. The summed E-state index contributed by atoms with van der Waals surface area (Å²) < 4.78 is 5.11. The van der Waals surface area contributed by atoms with Crippen LogP contribution in [0.15, 0.2) is 16.9 Å². The first-order chi connectivity index (χ1) is 5.49. The van der Waals surface area contributed by atoms with Gasteiger partial charge in [-0.25, -0.2) is 4.98 Å². The van der Waals surface area contributed by atoms with Gasteiger partial charge in [-0.2, -0.15) is 0 Å². The van der Waals surface area contributed by atoms with E-state index in [1.165, 1.54) is 0 Å². The topological polar surface area (TPSA) is 52.0 Å². The third-order valence-electron chi connectivity index (χ3n) is 1.60. The summed E-state index contributed by atoms with van der Waals surface area (Å²) in [4.78, 5) is 4.01. The van der Waals surface area contributed by atoms with E-state index in [0.29, 0.717) is 5.89 Å². The second kappa shape index (κ2) is 3.27. The molecule has 0 aliphatic rings. The Morgan fingerprint density at radius 2 is 2.25 bits per heavy atom. The number of oxazole rings is 1. The molecule has 1 rings (SSSR count). The van der Waals surface area contributed by atoms with Crippen LogP contribution < -0.4 is 5.73 Å². The van der Waals surface area contributed by atoms with E-state index in [2.05, 4.69) is 25.8 Å². The van der Waals surface area contributed by atoms with E-state index < -0.39 is 0 Å². The van der Waals surface area contributed by atoms with Crippen LogP contribution >= 0.6 is 0 Å². The molecule has 1 atom stereocenters. The predicted octanol–water partition coefficient (Wildman–Crippen LogP) is 2.11. The predicted molar refractivity (Wildman–Crippen MR) is 47.5 cm³/mol. The van der Waals surface area contributed by atoms with Gasteiger partial charge in [-0.1, -0.05) is 20.8 Å². The number of nitrogens with zero attached hydrogens (tertiary/aromatic N) is 1. The van der Waals surface area contributed by atoms with Gasteiger partial charge in [0.1, 0.15) is 6.26 Å². The molecule has 0 radical (unpaired) electrons. The van der Waals surface area contributed by atoms with E-state index in [1.807, 2.05) is 0 Å². The first-order valence-corrected chi connectivity index (χ1v) is 4.14. The van der Waals surface area contributed by atoms with E-state index in [-0.39, 0.29) is 11.5 Å². The molecule has 0 aromatic carbocycles. The average Bonchev–Trinajstić information content (AvgIpc) is 2.32. The van der Waals surface area contributed by atoms with Gasteiger partial charge in [0, 0.05) is 0 Å². The molecule has 3 nitrogen and oxygen atoms in total. The monoisotopic (exact) mass is 168 g/mol. The fourth-order valence-electron chi connectivity index (χ4n) is 1.16. The van der Waals surface area contributed by atoms with Crippen LogP contribution in [-0.2, 0) is 0 Å². The van der Waals surface area contributed by atoms with E-state index in [1.54, 1.807) is 12.5 Å². The Kier molecular flexibility index (Phi) is 2.52. The van der Waals surface area contributed by atoms with Crippen LogP contribution in [0, 0.1) is 5.41 Å². The summed E-state index contributed by atoms with van der Waals surface area (Å²) in [5.74, 6) is 0.630. The summed E-state index contributed by atoms with van der Waals surface area (Å²) in [5.41, 5.74) is 6.09. The SMILES string of the molecule is CC(C)(C)CC(N)c1ncco1. The lowest BCUT2D eigenvalue weighted by molar-refractivity contribution is 0.311. The first-order valence-electron chi connectivity index (χ1n) is 4.14. The Balaban J connectivity index is 2.56. The summed E-state index contributed by atoms with van der Waals surface area (Å²) >= 11 is 0. The van der Waals surface area contributed by atoms with Crippen molar-refractivity contribution in [2.75, 3.05) is 0 Å². The van der Waals surface area contributed by atoms with Gasteiger partial charge in [-0.15, -0.1) is 0 Å². The molecule has 0 aliphatic carbocycles. The molecule has 12 heavy (non-hydrogen) atoms. The highest BCUT2D eigenvalue weighted by Crippen LogP contribution is 2.26. The Morgan fingerprint density at radius 3 is 2.67 bits per heavy atom. The molecule has 1 aromatic rings.